The summed E-state index contributed by atoms with van der Waals surface area (Å²) in [6, 6.07) is 0. The quantitative estimate of drug-likeness (QED) is 0.262. The maximum Gasteiger partial charge on any atom is 0.508 e. The summed E-state index contributed by atoms with van der Waals surface area (Å²) in [6.45, 7) is 5.02. The highest BCUT2D eigenvalue weighted by Gasteiger charge is 2.54. The molecule has 1 unspecified atom stereocenters. The summed E-state index contributed by atoms with van der Waals surface area (Å²) in [7, 11) is -13.7. The third-order valence-corrected chi connectivity index (χ3v) is 6.46. The molecule has 0 N–H and O–H groups in total. The molecule has 0 aliphatic carbocycles. The number of hydrogen-bond donors (Lipinski definition) is 0. The Bertz CT molecular complexity index is 692. The van der Waals surface area contributed by atoms with Gasteiger partial charge in [0, 0.05) is 0 Å². The van der Waals surface area contributed by atoms with Crippen molar-refractivity contribution >= 4 is 25.8 Å². The summed E-state index contributed by atoms with van der Waals surface area (Å²) < 4.78 is 126. The van der Waals surface area contributed by atoms with Gasteiger partial charge in [0.05, 0.1) is 6.10 Å². The molecule has 154 valence electrons. The second kappa shape index (κ2) is 8.02. The van der Waals surface area contributed by atoms with E-state index in [0.717, 1.165) is 0 Å². The summed E-state index contributed by atoms with van der Waals surface area (Å²) >= 11 is 0. The van der Waals surface area contributed by atoms with Gasteiger partial charge < -0.3 is 9.47 Å². The van der Waals surface area contributed by atoms with Gasteiger partial charge in [-0.3, -0.25) is 16.8 Å². The van der Waals surface area contributed by atoms with Crippen LogP contribution in [0, 0.1) is 4.58 Å². The van der Waals surface area contributed by atoms with Crippen molar-refractivity contribution in [3.63, 3.8) is 0 Å². The molecule has 1 atom stereocenters. The van der Waals surface area contributed by atoms with Crippen molar-refractivity contribution in [1.29, 1.82) is 0 Å². The molecule has 0 aliphatic heterocycles. The predicted molar refractivity (Wildman–Crippen MR) is 74.5 cm³/mol. The lowest BCUT2D eigenvalue weighted by Gasteiger charge is -2.33. The largest absolute Gasteiger partial charge is 0.508 e. The number of halogens is 6. The van der Waals surface area contributed by atoms with E-state index < -0.39 is 60.6 Å². The Labute approximate surface area is 144 Å². The van der Waals surface area contributed by atoms with E-state index in [2.05, 4.69) is 16.1 Å². The van der Waals surface area contributed by atoms with E-state index in [-0.39, 0.29) is 0 Å². The first-order valence-corrected chi connectivity index (χ1v) is 9.27. The summed E-state index contributed by atoms with van der Waals surface area (Å²) in [5.74, 6) is 0. The molecule has 0 rings (SSSR count). The Balaban J connectivity index is 5.67. The molecule has 15 heteroatoms. The second-order valence-electron chi connectivity index (χ2n) is 4.90. The topological polar surface area (TPSA) is 104 Å². The Hall–Kier alpha value is -1.51. The molecule has 0 fully saturated rings. The van der Waals surface area contributed by atoms with Gasteiger partial charge in [0.15, 0.2) is 0 Å². The Morgan fingerprint density at radius 2 is 1.42 bits per heavy atom. The van der Waals surface area contributed by atoms with Crippen molar-refractivity contribution in [2.45, 2.75) is 37.4 Å². The molecule has 7 nitrogen and oxygen atoms in total. The highest BCUT2D eigenvalue weighted by molar-refractivity contribution is 8.13. The van der Waals surface area contributed by atoms with Gasteiger partial charge >= 0.3 is 17.2 Å². The van der Waals surface area contributed by atoms with Crippen molar-refractivity contribution < 1.29 is 57.4 Å². The highest BCUT2D eigenvalue weighted by Crippen LogP contribution is 2.43. The van der Waals surface area contributed by atoms with E-state index >= 15 is 0 Å². The maximum atomic E-state index is 12.5. The Morgan fingerprint density at radius 1 is 1.04 bits per heavy atom. The first-order chi connectivity index (χ1) is 11.3. The molecule has 0 aromatic carbocycles. The van der Waals surface area contributed by atoms with Crippen molar-refractivity contribution in [1.82, 2.24) is 0 Å². The van der Waals surface area contributed by atoms with E-state index in [1.165, 1.54) is 6.92 Å². The molecule has 0 amide bonds. The summed E-state index contributed by atoms with van der Waals surface area (Å²) in [5.41, 5.74) is -12.3. The average Bonchev–Trinajstić information content (AvgIpc) is 2.39. The number of rotatable bonds is 7. The van der Waals surface area contributed by atoms with Crippen LogP contribution in [0.3, 0.4) is 0 Å². The van der Waals surface area contributed by atoms with E-state index in [4.69, 9.17) is 0 Å². The molecule has 0 saturated heterocycles. The average molecular weight is 435 g/mol. The van der Waals surface area contributed by atoms with Crippen LogP contribution < -0.4 is 0 Å². The van der Waals surface area contributed by atoms with Crippen molar-refractivity contribution in [3.8, 4) is 0 Å². The molecule has 26 heavy (non-hydrogen) atoms. The molecular formula is C11H13F6O7S2-. The first-order valence-electron chi connectivity index (χ1n) is 6.30. The standard InChI is InChI=1S/C11H13F6O7S2/c1-6(2)5-23-9(18)24-7(3)4-8(25(19,20)10(12,13)14)26(21,22)11(15,16)17/h7H,1,4-5H2,2-3H3/q-1. The lowest BCUT2D eigenvalue weighted by atomic mass is 10.3. The lowest BCUT2D eigenvalue weighted by molar-refractivity contribution is -0.0459. The van der Waals surface area contributed by atoms with E-state index in [1.54, 1.807) is 0 Å². The normalized spacial score (nSPS) is 14.8. The van der Waals surface area contributed by atoms with Crippen molar-refractivity contribution in [3.05, 3.63) is 16.7 Å². The zero-order chi connectivity index (χ0) is 21.1. The molecule has 0 aromatic rings. The van der Waals surface area contributed by atoms with Gasteiger partial charge in [0.1, 0.15) is 26.3 Å². The summed E-state index contributed by atoms with van der Waals surface area (Å²) in [5, 5.41) is 0. The van der Waals surface area contributed by atoms with Crippen LogP contribution in [0.25, 0.3) is 0 Å². The van der Waals surface area contributed by atoms with Gasteiger partial charge in [-0.05, 0) is 19.4 Å². The predicted octanol–water partition coefficient (Wildman–Crippen LogP) is 2.85. The van der Waals surface area contributed by atoms with Crippen LogP contribution in [-0.4, -0.2) is 46.7 Å². The zero-order valence-electron chi connectivity index (χ0n) is 13.1. The fourth-order valence-corrected chi connectivity index (χ4v) is 4.43. The minimum Gasteiger partial charge on any atom is -0.434 e. The van der Waals surface area contributed by atoms with Gasteiger partial charge in [-0.1, -0.05) is 11.2 Å². The fourth-order valence-electron chi connectivity index (χ4n) is 1.28. The Kier molecular flexibility index (Phi) is 7.55. The van der Waals surface area contributed by atoms with E-state index in [9.17, 15) is 48.0 Å². The van der Waals surface area contributed by atoms with Gasteiger partial charge in [0.2, 0.25) is 0 Å². The van der Waals surface area contributed by atoms with Gasteiger partial charge in [-0.2, -0.15) is 26.3 Å². The van der Waals surface area contributed by atoms with Crippen LogP contribution in [-0.2, 0) is 29.1 Å². The van der Waals surface area contributed by atoms with Gasteiger partial charge in [-0.25, -0.2) is 4.79 Å². The molecule has 0 spiro atoms. The molecule has 0 aromatic heterocycles. The number of hydrogen-bond acceptors (Lipinski definition) is 7. The van der Waals surface area contributed by atoms with Crippen LogP contribution >= 0.6 is 0 Å². The lowest BCUT2D eigenvalue weighted by Crippen LogP contribution is -2.41. The fraction of sp³-hybridized carbons (Fsp3) is 0.636. The Morgan fingerprint density at radius 3 is 1.73 bits per heavy atom. The van der Waals surface area contributed by atoms with Crippen LogP contribution in [0.2, 0.25) is 0 Å². The SMILES string of the molecule is C=C(C)COC(=O)OC(C)C[C-](S(=O)(=O)C(F)(F)F)S(=O)(=O)C(F)(F)F. The van der Waals surface area contributed by atoms with E-state index in [0.29, 0.717) is 12.5 Å². The van der Waals surface area contributed by atoms with Gasteiger partial charge in [0.25, 0.3) is 0 Å². The molecule has 0 radical (unpaired) electrons. The highest BCUT2D eigenvalue weighted by atomic mass is 32.3. The van der Waals surface area contributed by atoms with Crippen molar-refractivity contribution in [2.75, 3.05) is 6.61 Å². The minimum atomic E-state index is -6.87. The van der Waals surface area contributed by atoms with Crippen LogP contribution in [0.5, 0.6) is 0 Å². The number of ether oxygens (including phenoxy) is 2. The summed E-state index contributed by atoms with van der Waals surface area (Å²) in [4.78, 5) is 11.2. The molecule has 0 saturated carbocycles. The third-order valence-electron chi connectivity index (χ3n) is 2.40. The summed E-state index contributed by atoms with van der Waals surface area (Å²) in [6.07, 6.45) is -5.48. The smallest absolute Gasteiger partial charge is 0.434 e. The zero-order valence-corrected chi connectivity index (χ0v) is 14.8. The molecular weight excluding hydrogens is 422 g/mol. The maximum absolute atomic E-state index is 12.5. The molecule has 0 heterocycles. The minimum absolute atomic E-state index is 0.307. The monoisotopic (exact) mass is 435 g/mol. The number of carbonyl (C=O) groups excluding carboxylic acids is 1. The molecule has 0 bridgehead atoms. The second-order valence-corrected chi connectivity index (χ2v) is 9.08. The number of alkyl halides is 6. The van der Waals surface area contributed by atoms with E-state index in [1.807, 2.05) is 0 Å². The van der Waals surface area contributed by atoms with Gasteiger partial charge in [-0.15, -0.1) is 6.42 Å². The first kappa shape index (κ1) is 24.5. The number of sulfone groups is 2. The third kappa shape index (κ3) is 6.03. The molecule has 0 aliphatic rings. The van der Waals surface area contributed by atoms with Crippen molar-refractivity contribution in [2.24, 2.45) is 0 Å². The van der Waals surface area contributed by atoms with Crippen LogP contribution in [0.1, 0.15) is 20.3 Å². The van der Waals surface area contributed by atoms with Crippen LogP contribution in [0.15, 0.2) is 12.2 Å². The van der Waals surface area contributed by atoms with Crippen LogP contribution in [0.4, 0.5) is 31.1 Å². The number of carbonyl (C=O) groups is 1.